The highest BCUT2D eigenvalue weighted by molar-refractivity contribution is 6.31. The summed E-state index contributed by atoms with van der Waals surface area (Å²) in [6.07, 6.45) is 4.16. The van der Waals surface area contributed by atoms with Crippen LogP contribution in [0.15, 0.2) is 47.7 Å². The zero-order valence-electron chi connectivity index (χ0n) is 13.7. The largest absolute Gasteiger partial charge is 0.508 e. The van der Waals surface area contributed by atoms with Gasteiger partial charge in [-0.05, 0) is 79.3 Å². The molecule has 5 heteroatoms. The molecule has 0 aromatic heterocycles. The average molecular weight is 362 g/mol. The van der Waals surface area contributed by atoms with E-state index in [1.54, 1.807) is 13.0 Å². The smallest absolute Gasteiger partial charge is 0.132 e. The number of nitrogen functional groups attached to an aromatic ring is 1. The predicted octanol–water partition coefficient (Wildman–Crippen LogP) is 5.94. The topological polar surface area (TPSA) is 46.2 Å². The highest BCUT2D eigenvalue weighted by Gasteiger charge is 2.18. The van der Waals surface area contributed by atoms with Crippen molar-refractivity contribution < 1.29 is 13.9 Å². The van der Waals surface area contributed by atoms with E-state index in [9.17, 15) is 13.9 Å². The second kappa shape index (κ2) is 6.89. The molecule has 0 atom stereocenters. The van der Waals surface area contributed by atoms with Crippen LogP contribution in [0.25, 0.3) is 5.57 Å². The first-order valence-corrected chi connectivity index (χ1v) is 8.38. The molecule has 1 aliphatic rings. The molecule has 1 saturated carbocycles. The Morgan fingerprint density at radius 2 is 1.88 bits per heavy atom. The summed E-state index contributed by atoms with van der Waals surface area (Å²) in [5.41, 5.74) is 8.84. The molecule has 2 nitrogen and oxygen atoms in total. The second-order valence-electron chi connectivity index (χ2n) is 6.21. The van der Waals surface area contributed by atoms with Gasteiger partial charge in [-0.15, -0.1) is 0 Å². The summed E-state index contributed by atoms with van der Waals surface area (Å²) >= 11 is 5.98. The molecule has 0 spiro atoms. The third-order valence-electron chi connectivity index (χ3n) is 4.44. The predicted molar refractivity (Wildman–Crippen MR) is 97.5 cm³/mol. The van der Waals surface area contributed by atoms with Crippen LogP contribution in [0.5, 0.6) is 0 Å². The number of allylic oxidation sites excluding steroid dienone is 2. The van der Waals surface area contributed by atoms with E-state index in [0.717, 1.165) is 24.8 Å². The van der Waals surface area contributed by atoms with Gasteiger partial charge in [-0.3, -0.25) is 0 Å². The highest BCUT2D eigenvalue weighted by Crippen LogP contribution is 2.35. The Hall–Kier alpha value is -2.33. The molecule has 0 aliphatic heterocycles. The molecule has 2 aromatic carbocycles. The maximum absolute atomic E-state index is 14.6. The van der Waals surface area contributed by atoms with Crippen LogP contribution in [0.2, 0.25) is 5.02 Å². The van der Waals surface area contributed by atoms with Gasteiger partial charge >= 0.3 is 0 Å². The van der Waals surface area contributed by atoms with E-state index >= 15 is 0 Å². The molecule has 0 amide bonds. The van der Waals surface area contributed by atoms with Gasteiger partial charge in [-0.2, -0.15) is 0 Å². The van der Waals surface area contributed by atoms with Crippen molar-refractivity contribution in [2.75, 3.05) is 5.73 Å². The van der Waals surface area contributed by atoms with Crippen LogP contribution < -0.4 is 5.73 Å². The lowest BCUT2D eigenvalue weighted by molar-refractivity contribution is 0.407. The number of anilines is 1. The maximum Gasteiger partial charge on any atom is 0.132 e. The number of aliphatic hydroxyl groups is 1. The van der Waals surface area contributed by atoms with Crippen LogP contribution in [-0.2, 0) is 0 Å². The Morgan fingerprint density at radius 1 is 1.16 bits per heavy atom. The standard InChI is InChI=1S/C20H18ClF2NO/c1-11-7-16(18(23)10-17(11)21)15(9-20(25)12-3-2-4-12)14-6-5-13(22)8-19(14)24/h5-10,25H,2-4,24H2,1H3/b15-9-. The van der Waals surface area contributed by atoms with Gasteiger partial charge in [0.25, 0.3) is 0 Å². The summed E-state index contributed by atoms with van der Waals surface area (Å²) in [5.74, 6) is -0.899. The number of rotatable bonds is 3. The van der Waals surface area contributed by atoms with Crippen LogP contribution in [-0.4, -0.2) is 5.11 Å². The number of aliphatic hydroxyl groups excluding tert-OH is 1. The first kappa shape index (κ1) is 17.5. The lowest BCUT2D eigenvalue weighted by Crippen LogP contribution is -2.03. The molecular formula is C20H18ClF2NO. The van der Waals surface area contributed by atoms with Gasteiger partial charge in [0.2, 0.25) is 0 Å². The minimum atomic E-state index is -0.531. The number of hydrogen-bond acceptors (Lipinski definition) is 2. The molecule has 130 valence electrons. The van der Waals surface area contributed by atoms with Crippen LogP contribution in [0.1, 0.15) is 36.0 Å². The van der Waals surface area contributed by atoms with Crippen LogP contribution >= 0.6 is 11.6 Å². The summed E-state index contributed by atoms with van der Waals surface area (Å²) in [4.78, 5) is 0. The van der Waals surface area contributed by atoms with Crippen molar-refractivity contribution in [3.05, 3.63) is 81.1 Å². The first-order valence-electron chi connectivity index (χ1n) is 8.01. The van der Waals surface area contributed by atoms with Crippen molar-refractivity contribution in [2.45, 2.75) is 26.2 Å². The fourth-order valence-corrected chi connectivity index (χ4v) is 2.94. The van der Waals surface area contributed by atoms with Gasteiger partial charge in [0.05, 0.1) is 0 Å². The van der Waals surface area contributed by atoms with E-state index in [4.69, 9.17) is 17.3 Å². The SMILES string of the molecule is Cc1cc(/C(=C\C(O)=C2CCC2)c2ccc(F)cc2N)c(F)cc1Cl. The van der Waals surface area contributed by atoms with E-state index in [-0.39, 0.29) is 17.0 Å². The Morgan fingerprint density at radius 3 is 2.48 bits per heavy atom. The summed E-state index contributed by atoms with van der Waals surface area (Å²) in [6, 6.07) is 6.75. The Balaban J connectivity index is 2.23. The Bertz CT molecular complexity index is 897. The number of nitrogens with two attached hydrogens (primary N) is 1. The maximum atomic E-state index is 14.6. The van der Waals surface area contributed by atoms with Crippen molar-refractivity contribution in [3.63, 3.8) is 0 Å². The number of hydrogen-bond donors (Lipinski definition) is 2. The van der Waals surface area contributed by atoms with E-state index in [1.807, 2.05) is 0 Å². The molecule has 0 radical (unpaired) electrons. The normalized spacial score (nSPS) is 14.4. The lowest BCUT2D eigenvalue weighted by atomic mass is 9.89. The first-order chi connectivity index (χ1) is 11.9. The number of aryl methyl sites for hydroxylation is 1. The fourth-order valence-electron chi connectivity index (χ4n) is 2.79. The van der Waals surface area contributed by atoms with Gasteiger partial charge < -0.3 is 10.8 Å². The monoisotopic (exact) mass is 361 g/mol. The summed E-state index contributed by atoms with van der Waals surface area (Å²) in [5, 5.41) is 10.7. The van der Waals surface area contributed by atoms with Gasteiger partial charge in [0.15, 0.2) is 0 Å². The van der Waals surface area contributed by atoms with Crippen LogP contribution in [0.4, 0.5) is 14.5 Å². The summed E-state index contributed by atoms with van der Waals surface area (Å²) < 4.78 is 28.0. The molecule has 25 heavy (non-hydrogen) atoms. The van der Waals surface area contributed by atoms with Crippen LogP contribution in [0.3, 0.4) is 0 Å². The Labute approximate surface area is 150 Å². The summed E-state index contributed by atoms with van der Waals surface area (Å²) in [7, 11) is 0. The molecule has 2 aromatic rings. The van der Waals surface area contributed by atoms with E-state index < -0.39 is 11.6 Å². The van der Waals surface area contributed by atoms with E-state index in [0.29, 0.717) is 21.7 Å². The van der Waals surface area contributed by atoms with Gasteiger partial charge in [0, 0.05) is 21.8 Å². The molecule has 1 fully saturated rings. The Kier molecular flexibility index (Phi) is 4.82. The van der Waals surface area contributed by atoms with Gasteiger partial charge in [-0.25, -0.2) is 8.78 Å². The average Bonchev–Trinajstić information content (AvgIpc) is 2.47. The highest BCUT2D eigenvalue weighted by atomic mass is 35.5. The van der Waals surface area contributed by atoms with Crippen molar-refractivity contribution in [1.29, 1.82) is 0 Å². The quantitative estimate of drug-likeness (QED) is 0.525. The molecular weight excluding hydrogens is 344 g/mol. The van der Waals surface area contributed by atoms with E-state index in [1.165, 1.54) is 30.3 Å². The molecule has 0 saturated heterocycles. The second-order valence-corrected chi connectivity index (χ2v) is 6.62. The molecule has 3 rings (SSSR count). The van der Waals surface area contributed by atoms with Gasteiger partial charge in [0.1, 0.15) is 17.4 Å². The molecule has 0 bridgehead atoms. The molecule has 0 heterocycles. The van der Waals surface area contributed by atoms with Crippen molar-refractivity contribution in [3.8, 4) is 0 Å². The molecule has 0 unspecified atom stereocenters. The molecule has 1 aliphatic carbocycles. The number of benzene rings is 2. The zero-order chi connectivity index (χ0) is 18.1. The van der Waals surface area contributed by atoms with E-state index in [2.05, 4.69) is 0 Å². The van der Waals surface area contributed by atoms with Crippen molar-refractivity contribution in [1.82, 2.24) is 0 Å². The summed E-state index contributed by atoms with van der Waals surface area (Å²) in [6.45, 7) is 1.77. The number of halogens is 3. The molecule has 3 N–H and O–H groups in total. The fraction of sp³-hybridized carbons (Fsp3) is 0.200. The van der Waals surface area contributed by atoms with Crippen LogP contribution in [0, 0.1) is 18.6 Å². The minimum absolute atomic E-state index is 0.108. The van der Waals surface area contributed by atoms with Gasteiger partial charge in [-0.1, -0.05) is 11.6 Å². The lowest BCUT2D eigenvalue weighted by Gasteiger charge is -2.19. The zero-order valence-corrected chi connectivity index (χ0v) is 14.5. The third kappa shape index (κ3) is 3.54. The van der Waals surface area contributed by atoms with Crippen molar-refractivity contribution in [2.24, 2.45) is 0 Å². The third-order valence-corrected chi connectivity index (χ3v) is 4.85. The minimum Gasteiger partial charge on any atom is -0.508 e. The van der Waals surface area contributed by atoms with Crippen molar-refractivity contribution >= 4 is 22.9 Å².